The Morgan fingerprint density at radius 3 is 2.48 bits per heavy atom. The zero-order chi connectivity index (χ0) is 19.8. The number of carboxylic acids is 1. The van der Waals surface area contributed by atoms with Crippen LogP contribution in [0.25, 0.3) is 0 Å². The van der Waals surface area contributed by atoms with Crippen LogP contribution in [-0.2, 0) is 9.59 Å². The first kappa shape index (κ1) is 20.2. The first-order chi connectivity index (χ1) is 12.9. The maximum Gasteiger partial charge on any atom is 0.305 e. The number of carboxylic acid groups (broad SMARTS) is 1. The molecule has 27 heavy (non-hydrogen) atoms. The molecule has 0 aliphatic heterocycles. The van der Waals surface area contributed by atoms with Crippen molar-refractivity contribution in [3.05, 3.63) is 46.2 Å². The summed E-state index contributed by atoms with van der Waals surface area (Å²) < 4.78 is 10.4. The molecule has 0 radical (unpaired) electrons. The minimum absolute atomic E-state index is 0.264. The van der Waals surface area contributed by atoms with Crippen LogP contribution in [0.2, 0.25) is 0 Å². The van der Waals surface area contributed by atoms with E-state index in [0.29, 0.717) is 21.9 Å². The molecular formula is C18H20N2O6S. The molecular weight excluding hydrogens is 372 g/mol. The molecule has 2 rings (SSSR count). The smallest absolute Gasteiger partial charge is 0.305 e. The molecule has 2 amide bonds. The third-order valence-electron chi connectivity index (χ3n) is 3.68. The fourth-order valence-corrected chi connectivity index (χ4v) is 3.04. The van der Waals surface area contributed by atoms with Crippen molar-refractivity contribution >= 4 is 29.1 Å². The Morgan fingerprint density at radius 1 is 1.15 bits per heavy atom. The Hall–Kier alpha value is -3.07. The Kier molecular flexibility index (Phi) is 7.18. The van der Waals surface area contributed by atoms with Crippen molar-refractivity contribution in [3.63, 3.8) is 0 Å². The molecule has 0 fully saturated rings. The van der Waals surface area contributed by atoms with Crippen LogP contribution < -0.4 is 20.1 Å². The number of aliphatic carboxylic acids is 1. The molecule has 0 aliphatic carbocycles. The van der Waals surface area contributed by atoms with Crippen molar-refractivity contribution in [2.45, 2.75) is 12.5 Å². The van der Waals surface area contributed by atoms with Gasteiger partial charge in [-0.25, -0.2) is 0 Å². The van der Waals surface area contributed by atoms with E-state index in [1.54, 1.807) is 35.7 Å². The van der Waals surface area contributed by atoms with E-state index in [4.69, 9.17) is 14.6 Å². The van der Waals surface area contributed by atoms with Gasteiger partial charge >= 0.3 is 5.97 Å². The average molecular weight is 392 g/mol. The molecule has 0 spiro atoms. The molecule has 1 unspecified atom stereocenters. The van der Waals surface area contributed by atoms with Gasteiger partial charge in [0.05, 0.1) is 38.1 Å². The first-order valence-corrected chi connectivity index (χ1v) is 8.87. The molecule has 1 heterocycles. The van der Waals surface area contributed by atoms with Gasteiger partial charge in [-0.1, -0.05) is 12.1 Å². The lowest BCUT2D eigenvalue weighted by atomic mass is 10.0. The molecule has 0 aliphatic rings. The third kappa shape index (κ3) is 5.71. The summed E-state index contributed by atoms with van der Waals surface area (Å²) in [5.41, 5.74) is 0.549. The van der Waals surface area contributed by atoms with Crippen molar-refractivity contribution in [2.24, 2.45) is 0 Å². The molecule has 0 bridgehead atoms. The van der Waals surface area contributed by atoms with Crippen LogP contribution in [0.1, 0.15) is 27.7 Å². The van der Waals surface area contributed by atoms with E-state index in [-0.39, 0.29) is 18.9 Å². The van der Waals surface area contributed by atoms with Crippen LogP contribution in [0, 0.1) is 0 Å². The second-order valence-corrected chi connectivity index (χ2v) is 6.44. The van der Waals surface area contributed by atoms with E-state index in [0.717, 1.165) is 0 Å². The Morgan fingerprint density at radius 2 is 1.89 bits per heavy atom. The zero-order valence-electron chi connectivity index (χ0n) is 14.9. The van der Waals surface area contributed by atoms with Crippen molar-refractivity contribution in [1.29, 1.82) is 0 Å². The van der Waals surface area contributed by atoms with Gasteiger partial charge in [0, 0.05) is 0 Å². The van der Waals surface area contributed by atoms with Crippen LogP contribution in [-0.4, -0.2) is 43.7 Å². The summed E-state index contributed by atoms with van der Waals surface area (Å²) in [7, 11) is 2.96. The number of hydrogen-bond donors (Lipinski definition) is 3. The SMILES string of the molecule is COc1ccc(C(CC(=O)O)NC(=O)CNC(=O)c2cccs2)cc1OC. The van der Waals surface area contributed by atoms with Gasteiger partial charge in [-0.05, 0) is 29.1 Å². The fraction of sp³-hybridized carbons (Fsp3) is 0.278. The third-order valence-corrected chi connectivity index (χ3v) is 4.55. The lowest BCUT2D eigenvalue weighted by Crippen LogP contribution is -2.39. The van der Waals surface area contributed by atoms with Crippen LogP contribution in [0.15, 0.2) is 35.7 Å². The van der Waals surface area contributed by atoms with E-state index < -0.39 is 17.9 Å². The highest BCUT2D eigenvalue weighted by Gasteiger charge is 2.20. The summed E-state index contributed by atoms with van der Waals surface area (Å²) in [5.74, 6) is -1.02. The quantitative estimate of drug-likeness (QED) is 0.600. The molecule has 3 N–H and O–H groups in total. The van der Waals surface area contributed by atoms with E-state index >= 15 is 0 Å². The Labute approximate surface area is 160 Å². The van der Waals surface area contributed by atoms with Crippen molar-refractivity contribution < 1.29 is 29.0 Å². The number of hydrogen-bond acceptors (Lipinski definition) is 6. The topological polar surface area (TPSA) is 114 Å². The number of thiophene rings is 1. The van der Waals surface area contributed by atoms with E-state index in [1.165, 1.54) is 25.6 Å². The summed E-state index contributed by atoms with van der Waals surface area (Å²) >= 11 is 1.26. The number of carbonyl (C=O) groups is 3. The number of nitrogens with one attached hydrogen (secondary N) is 2. The molecule has 1 atom stereocenters. The maximum atomic E-state index is 12.2. The van der Waals surface area contributed by atoms with Gasteiger partial charge in [-0.15, -0.1) is 11.3 Å². The fourth-order valence-electron chi connectivity index (χ4n) is 2.40. The monoisotopic (exact) mass is 392 g/mol. The van der Waals surface area contributed by atoms with Gasteiger partial charge in [-0.2, -0.15) is 0 Å². The second kappa shape index (κ2) is 9.58. The van der Waals surface area contributed by atoms with Gasteiger partial charge in [-0.3, -0.25) is 14.4 Å². The molecule has 144 valence electrons. The predicted octanol–water partition coefficient (Wildman–Crippen LogP) is 1.83. The molecule has 0 saturated heterocycles. The van der Waals surface area contributed by atoms with Gasteiger partial charge in [0.2, 0.25) is 5.91 Å². The zero-order valence-corrected chi connectivity index (χ0v) is 15.7. The number of rotatable bonds is 9. The van der Waals surface area contributed by atoms with Gasteiger partial charge in [0.15, 0.2) is 11.5 Å². The summed E-state index contributed by atoms with van der Waals surface area (Å²) in [6, 6.07) is 7.49. The average Bonchev–Trinajstić information content (AvgIpc) is 3.19. The lowest BCUT2D eigenvalue weighted by molar-refractivity contribution is -0.137. The standard InChI is InChI=1S/C18H20N2O6S/c1-25-13-6-5-11(8-14(13)26-2)12(9-17(22)23)20-16(21)10-19-18(24)15-4-3-7-27-15/h3-8,12H,9-10H2,1-2H3,(H,19,24)(H,20,21)(H,22,23). The molecule has 0 saturated carbocycles. The molecule has 1 aromatic carbocycles. The predicted molar refractivity (Wildman–Crippen MR) is 99.3 cm³/mol. The van der Waals surface area contributed by atoms with Crippen molar-refractivity contribution in [1.82, 2.24) is 10.6 Å². The van der Waals surface area contributed by atoms with E-state index in [2.05, 4.69) is 10.6 Å². The van der Waals surface area contributed by atoms with Crippen LogP contribution >= 0.6 is 11.3 Å². The second-order valence-electron chi connectivity index (χ2n) is 5.49. The summed E-state index contributed by atoms with van der Waals surface area (Å²) in [6.45, 7) is -0.264. The van der Waals surface area contributed by atoms with Gasteiger partial charge < -0.3 is 25.2 Å². The maximum absolute atomic E-state index is 12.2. The highest BCUT2D eigenvalue weighted by molar-refractivity contribution is 7.12. The largest absolute Gasteiger partial charge is 0.493 e. The number of methoxy groups -OCH3 is 2. The van der Waals surface area contributed by atoms with Crippen LogP contribution in [0.4, 0.5) is 0 Å². The summed E-state index contributed by atoms with van der Waals surface area (Å²) in [6.07, 6.45) is -0.319. The minimum atomic E-state index is -1.07. The first-order valence-electron chi connectivity index (χ1n) is 7.99. The number of carbonyl (C=O) groups excluding carboxylic acids is 2. The molecule has 2 aromatic rings. The molecule has 1 aromatic heterocycles. The lowest BCUT2D eigenvalue weighted by Gasteiger charge is -2.19. The minimum Gasteiger partial charge on any atom is -0.493 e. The van der Waals surface area contributed by atoms with Gasteiger partial charge in [0.1, 0.15) is 0 Å². The van der Waals surface area contributed by atoms with Crippen molar-refractivity contribution in [3.8, 4) is 11.5 Å². The summed E-state index contributed by atoms with van der Waals surface area (Å²) in [5, 5.41) is 16.0. The molecule has 8 nitrogen and oxygen atoms in total. The number of amides is 2. The van der Waals surface area contributed by atoms with Crippen LogP contribution in [0.3, 0.4) is 0 Å². The molecule has 9 heteroatoms. The highest BCUT2D eigenvalue weighted by Crippen LogP contribution is 2.30. The Balaban J connectivity index is 2.06. The van der Waals surface area contributed by atoms with Crippen LogP contribution in [0.5, 0.6) is 11.5 Å². The summed E-state index contributed by atoms with van der Waals surface area (Å²) in [4.78, 5) is 35.8. The van der Waals surface area contributed by atoms with E-state index in [9.17, 15) is 14.4 Å². The van der Waals surface area contributed by atoms with E-state index in [1.807, 2.05) is 0 Å². The highest BCUT2D eigenvalue weighted by atomic mass is 32.1. The number of benzene rings is 1. The van der Waals surface area contributed by atoms with Gasteiger partial charge in [0.25, 0.3) is 5.91 Å². The van der Waals surface area contributed by atoms with Crippen molar-refractivity contribution in [2.75, 3.05) is 20.8 Å². The number of ether oxygens (including phenoxy) is 2. The normalized spacial score (nSPS) is 11.3. The Bertz CT molecular complexity index is 806.